The Morgan fingerprint density at radius 2 is 1.95 bits per heavy atom. The number of rotatable bonds is 2. The van der Waals surface area contributed by atoms with Crippen LogP contribution >= 0.6 is 11.8 Å². The van der Waals surface area contributed by atoms with Gasteiger partial charge in [0.1, 0.15) is 16.7 Å². The van der Waals surface area contributed by atoms with E-state index in [-0.39, 0.29) is 0 Å². The minimum Gasteiger partial charge on any atom is -0.383 e. The molecule has 0 radical (unpaired) electrons. The zero-order valence-corrected chi connectivity index (χ0v) is 11.6. The SMILES string of the molecule is Cc1nc(N)c(C)c(Sc2cc3ccccc3[nH]2)n1. The predicted octanol–water partition coefficient (Wildman–Crippen LogP) is 3.31. The van der Waals surface area contributed by atoms with Gasteiger partial charge in [-0.05, 0) is 26.0 Å². The molecule has 2 heterocycles. The highest BCUT2D eigenvalue weighted by Crippen LogP contribution is 2.31. The topological polar surface area (TPSA) is 67.6 Å². The van der Waals surface area contributed by atoms with Crippen LogP contribution in [-0.4, -0.2) is 15.0 Å². The number of anilines is 1. The number of hydrogen-bond donors (Lipinski definition) is 2. The number of para-hydroxylation sites is 1. The lowest BCUT2D eigenvalue weighted by Gasteiger charge is -2.06. The highest BCUT2D eigenvalue weighted by molar-refractivity contribution is 7.99. The molecule has 3 N–H and O–H groups in total. The lowest BCUT2D eigenvalue weighted by atomic mass is 10.3. The molecule has 0 spiro atoms. The minimum atomic E-state index is 0.547. The van der Waals surface area contributed by atoms with Gasteiger partial charge in [0.05, 0.1) is 5.03 Å². The quantitative estimate of drug-likeness (QED) is 0.701. The summed E-state index contributed by atoms with van der Waals surface area (Å²) in [6, 6.07) is 10.3. The van der Waals surface area contributed by atoms with Crippen molar-refractivity contribution >= 4 is 28.5 Å². The summed E-state index contributed by atoms with van der Waals surface area (Å²) in [5.74, 6) is 1.24. The molecule has 96 valence electrons. The number of aromatic amines is 1. The molecule has 3 aromatic rings. The molecule has 0 saturated heterocycles. The van der Waals surface area contributed by atoms with Crippen LogP contribution < -0.4 is 5.73 Å². The van der Waals surface area contributed by atoms with Crippen LogP contribution in [0.1, 0.15) is 11.4 Å². The predicted molar refractivity (Wildman–Crippen MR) is 78.3 cm³/mol. The maximum atomic E-state index is 5.88. The van der Waals surface area contributed by atoms with Crippen LogP contribution in [0.4, 0.5) is 5.82 Å². The summed E-state index contributed by atoms with van der Waals surface area (Å²) in [5.41, 5.74) is 7.93. The first kappa shape index (κ1) is 12.0. The van der Waals surface area contributed by atoms with E-state index in [4.69, 9.17) is 5.73 Å². The van der Waals surface area contributed by atoms with E-state index in [0.29, 0.717) is 11.6 Å². The summed E-state index contributed by atoms with van der Waals surface area (Å²) in [7, 11) is 0. The smallest absolute Gasteiger partial charge is 0.131 e. The summed E-state index contributed by atoms with van der Waals surface area (Å²) >= 11 is 1.58. The monoisotopic (exact) mass is 270 g/mol. The van der Waals surface area contributed by atoms with E-state index >= 15 is 0 Å². The lowest BCUT2D eigenvalue weighted by molar-refractivity contribution is 0.945. The normalized spacial score (nSPS) is 11.1. The molecule has 0 atom stereocenters. The van der Waals surface area contributed by atoms with E-state index in [1.165, 1.54) is 5.39 Å². The standard InChI is InChI=1S/C14H14N4S/c1-8-13(15)16-9(2)17-14(8)19-12-7-10-5-3-4-6-11(10)18-12/h3-7,18H,1-2H3,(H2,15,16,17). The molecule has 0 bridgehead atoms. The molecule has 0 aliphatic carbocycles. The Balaban J connectivity index is 2.01. The summed E-state index contributed by atoms with van der Waals surface area (Å²) in [5, 5.41) is 3.15. The summed E-state index contributed by atoms with van der Waals surface area (Å²) in [6.45, 7) is 3.80. The van der Waals surface area contributed by atoms with Crippen LogP contribution in [0, 0.1) is 13.8 Å². The Kier molecular flexibility index (Phi) is 2.91. The fourth-order valence-electron chi connectivity index (χ4n) is 1.93. The molecule has 0 amide bonds. The van der Waals surface area contributed by atoms with Crippen molar-refractivity contribution < 1.29 is 0 Å². The number of nitrogens with zero attached hydrogens (tertiary/aromatic N) is 2. The van der Waals surface area contributed by atoms with E-state index in [2.05, 4.69) is 33.2 Å². The van der Waals surface area contributed by atoms with E-state index < -0.39 is 0 Å². The summed E-state index contributed by atoms with van der Waals surface area (Å²) in [4.78, 5) is 12.0. The number of hydrogen-bond acceptors (Lipinski definition) is 4. The number of nitrogens with one attached hydrogen (secondary N) is 1. The molecule has 0 fully saturated rings. The van der Waals surface area contributed by atoms with Gasteiger partial charge in [0.15, 0.2) is 0 Å². The number of aromatic nitrogens is 3. The van der Waals surface area contributed by atoms with Crippen LogP contribution in [0.25, 0.3) is 10.9 Å². The molecular weight excluding hydrogens is 256 g/mol. The maximum Gasteiger partial charge on any atom is 0.131 e. The number of H-pyrrole nitrogens is 1. The number of nitrogens with two attached hydrogens (primary N) is 1. The second-order valence-electron chi connectivity index (χ2n) is 4.41. The van der Waals surface area contributed by atoms with E-state index in [1.807, 2.05) is 26.0 Å². The van der Waals surface area contributed by atoms with Crippen molar-refractivity contribution in [2.24, 2.45) is 0 Å². The number of aryl methyl sites for hydroxylation is 1. The van der Waals surface area contributed by atoms with Gasteiger partial charge in [-0.2, -0.15) is 0 Å². The van der Waals surface area contributed by atoms with Crippen molar-refractivity contribution in [1.82, 2.24) is 15.0 Å². The molecule has 4 nitrogen and oxygen atoms in total. The zero-order valence-electron chi connectivity index (χ0n) is 10.8. The number of benzene rings is 1. The molecule has 0 unspecified atom stereocenters. The van der Waals surface area contributed by atoms with Gasteiger partial charge in [-0.1, -0.05) is 30.0 Å². The fraction of sp³-hybridized carbons (Fsp3) is 0.143. The second-order valence-corrected chi connectivity index (χ2v) is 5.44. The van der Waals surface area contributed by atoms with Crippen LogP contribution in [0.5, 0.6) is 0 Å². The molecule has 5 heteroatoms. The molecule has 0 saturated carbocycles. The molecule has 0 aliphatic rings. The van der Waals surface area contributed by atoms with Crippen molar-refractivity contribution in [3.63, 3.8) is 0 Å². The van der Waals surface area contributed by atoms with Crippen molar-refractivity contribution in [2.45, 2.75) is 23.9 Å². The molecule has 0 aliphatic heterocycles. The first-order valence-electron chi connectivity index (χ1n) is 6.00. The number of fused-ring (bicyclic) bond motifs is 1. The Hall–Kier alpha value is -2.01. The van der Waals surface area contributed by atoms with Gasteiger partial charge in [-0.15, -0.1) is 0 Å². The highest BCUT2D eigenvalue weighted by Gasteiger charge is 2.10. The van der Waals surface area contributed by atoms with Gasteiger partial charge in [-0.3, -0.25) is 0 Å². The molecule has 3 rings (SSSR count). The van der Waals surface area contributed by atoms with E-state index in [9.17, 15) is 0 Å². The fourth-order valence-corrected chi connectivity index (χ4v) is 2.92. The zero-order chi connectivity index (χ0) is 13.4. The Bertz CT molecular complexity index is 715. The van der Waals surface area contributed by atoms with Crippen molar-refractivity contribution in [3.05, 3.63) is 41.7 Å². The molecule has 2 aromatic heterocycles. The van der Waals surface area contributed by atoms with E-state index in [1.54, 1.807) is 11.8 Å². The molecule has 19 heavy (non-hydrogen) atoms. The third-order valence-corrected chi connectivity index (χ3v) is 3.99. The van der Waals surface area contributed by atoms with Crippen LogP contribution in [0.3, 0.4) is 0 Å². The van der Waals surface area contributed by atoms with Crippen molar-refractivity contribution in [3.8, 4) is 0 Å². The maximum absolute atomic E-state index is 5.88. The van der Waals surface area contributed by atoms with Gasteiger partial charge in [-0.25, -0.2) is 9.97 Å². The van der Waals surface area contributed by atoms with Crippen molar-refractivity contribution in [2.75, 3.05) is 5.73 Å². The highest BCUT2D eigenvalue weighted by atomic mass is 32.2. The van der Waals surface area contributed by atoms with E-state index in [0.717, 1.165) is 21.1 Å². The largest absolute Gasteiger partial charge is 0.383 e. The van der Waals surface area contributed by atoms with Gasteiger partial charge >= 0.3 is 0 Å². The Morgan fingerprint density at radius 1 is 1.16 bits per heavy atom. The van der Waals surface area contributed by atoms with Crippen molar-refractivity contribution in [1.29, 1.82) is 0 Å². The molecule has 1 aromatic carbocycles. The van der Waals surface area contributed by atoms with Crippen LogP contribution in [-0.2, 0) is 0 Å². The second kappa shape index (κ2) is 4.59. The third kappa shape index (κ3) is 2.29. The summed E-state index contributed by atoms with van der Waals surface area (Å²) < 4.78 is 0. The first-order chi connectivity index (χ1) is 9.13. The third-order valence-electron chi connectivity index (χ3n) is 2.96. The van der Waals surface area contributed by atoms with Gasteiger partial charge < -0.3 is 10.7 Å². The minimum absolute atomic E-state index is 0.547. The van der Waals surface area contributed by atoms with Gasteiger partial charge in [0, 0.05) is 16.5 Å². The van der Waals surface area contributed by atoms with Gasteiger partial charge in [0.25, 0.3) is 0 Å². The van der Waals surface area contributed by atoms with Crippen LogP contribution in [0.2, 0.25) is 0 Å². The van der Waals surface area contributed by atoms with Crippen LogP contribution in [0.15, 0.2) is 40.4 Å². The Labute approximate surface area is 115 Å². The lowest BCUT2D eigenvalue weighted by Crippen LogP contribution is -2.01. The average Bonchev–Trinajstić information content (AvgIpc) is 2.77. The molecular formula is C14H14N4S. The van der Waals surface area contributed by atoms with Gasteiger partial charge in [0.2, 0.25) is 0 Å². The number of nitrogen functional groups attached to an aromatic ring is 1. The summed E-state index contributed by atoms with van der Waals surface area (Å²) in [6.07, 6.45) is 0. The first-order valence-corrected chi connectivity index (χ1v) is 6.81. The Morgan fingerprint density at radius 3 is 2.74 bits per heavy atom. The average molecular weight is 270 g/mol.